The number of carboxylic acid groups (broad SMARTS) is 1. The minimum Gasteiger partial charge on any atom is -0.481 e. The summed E-state index contributed by atoms with van der Waals surface area (Å²) in [5.41, 5.74) is 4.33. The molecule has 0 aromatic heterocycles. The van der Waals surface area contributed by atoms with E-state index in [0.29, 0.717) is 6.54 Å². The van der Waals surface area contributed by atoms with Gasteiger partial charge in [-0.1, -0.05) is 55.5 Å². The summed E-state index contributed by atoms with van der Waals surface area (Å²) in [4.78, 5) is 39.1. The average Bonchev–Trinajstić information content (AvgIpc) is 3.19. The lowest BCUT2D eigenvalue weighted by molar-refractivity contribution is -0.145. The topological polar surface area (TPSA) is 116 Å². The first-order valence-corrected chi connectivity index (χ1v) is 12.1. The van der Waals surface area contributed by atoms with E-state index in [1.165, 1.54) is 0 Å². The molecule has 8 nitrogen and oxygen atoms in total. The second-order valence-corrected chi connectivity index (χ2v) is 9.37. The van der Waals surface area contributed by atoms with Crippen LogP contribution in [-0.4, -0.2) is 64.9 Å². The van der Waals surface area contributed by atoms with Crippen molar-refractivity contribution in [3.8, 4) is 11.1 Å². The number of carboxylic acids is 1. The van der Waals surface area contributed by atoms with Crippen LogP contribution < -0.4 is 5.32 Å². The zero-order chi connectivity index (χ0) is 24.9. The van der Waals surface area contributed by atoms with E-state index in [-0.39, 0.29) is 31.1 Å². The number of aliphatic hydroxyl groups is 1. The van der Waals surface area contributed by atoms with Crippen LogP contribution in [0.5, 0.6) is 0 Å². The van der Waals surface area contributed by atoms with Crippen molar-refractivity contribution in [2.75, 3.05) is 19.8 Å². The molecular weight excluding hydrogens is 448 g/mol. The van der Waals surface area contributed by atoms with Crippen LogP contribution in [-0.2, 0) is 14.3 Å². The lowest BCUT2D eigenvalue weighted by Gasteiger charge is -2.40. The number of carbonyl (C=O) groups excluding carboxylic acids is 2. The molecule has 1 aliphatic heterocycles. The molecule has 0 saturated carbocycles. The Morgan fingerprint density at radius 3 is 2.29 bits per heavy atom. The summed E-state index contributed by atoms with van der Waals surface area (Å²) in [5.74, 6) is -1.92. The quantitative estimate of drug-likeness (QED) is 0.533. The van der Waals surface area contributed by atoms with Gasteiger partial charge in [-0.15, -0.1) is 0 Å². The molecule has 2 aliphatic rings. The molecule has 4 rings (SSSR count). The number of nitrogens with one attached hydrogen (secondary N) is 1. The van der Waals surface area contributed by atoms with E-state index in [9.17, 15) is 24.6 Å². The number of hydrogen-bond acceptors (Lipinski definition) is 5. The molecule has 0 bridgehead atoms. The molecule has 3 N–H and O–H groups in total. The third-order valence-electron chi connectivity index (χ3n) is 7.09. The van der Waals surface area contributed by atoms with Crippen LogP contribution in [0, 0.1) is 5.92 Å². The lowest BCUT2D eigenvalue weighted by Crippen LogP contribution is -2.56. The fourth-order valence-corrected chi connectivity index (χ4v) is 5.30. The summed E-state index contributed by atoms with van der Waals surface area (Å²) in [6, 6.07) is 14.5. The maximum atomic E-state index is 13.3. The van der Waals surface area contributed by atoms with Gasteiger partial charge in [0.2, 0.25) is 5.91 Å². The summed E-state index contributed by atoms with van der Waals surface area (Å²) in [5, 5.41) is 21.5. The number of rotatable bonds is 8. The number of benzene rings is 2. The normalized spacial score (nSPS) is 18.8. The van der Waals surface area contributed by atoms with Crippen LogP contribution in [0.25, 0.3) is 11.1 Å². The minimum absolute atomic E-state index is 0.0712. The highest BCUT2D eigenvalue weighted by atomic mass is 16.5. The van der Waals surface area contributed by atoms with Crippen LogP contribution in [0.2, 0.25) is 0 Å². The van der Waals surface area contributed by atoms with Crippen LogP contribution in [0.4, 0.5) is 4.79 Å². The van der Waals surface area contributed by atoms with Crippen LogP contribution >= 0.6 is 0 Å². The van der Waals surface area contributed by atoms with E-state index in [1.54, 1.807) is 4.90 Å². The van der Waals surface area contributed by atoms with E-state index >= 15 is 0 Å². The monoisotopic (exact) mass is 480 g/mol. The third kappa shape index (κ3) is 5.32. The lowest BCUT2D eigenvalue weighted by atomic mass is 9.91. The van der Waals surface area contributed by atoms with E-state index in [4.69, 9.17) is 4.74 Å². The van der Waals surface area contributed by atoms with E-state index < -0.39 is 30.4 Å². The second kappa shape index (κ2) is 10.9. The number of amides is 2. The Kier molecular flexibility index (Phi) is 7.70. The van der Waals surface area contributed by atoms with Gasteiger partial charge in [0.15, 0.2) is 0 Å². The number of likely N-dealkylation sites (tertiary alicyclic amines) is 1. The molecule has 2 aromatic rings. The number of aliphatic carboxylic acids is 1. The van der Waals surface area contributed by atoms with Crippen molar-refractivity contribution in [2.45, 2.75) is 50.6 Å². The zero-order valence-electron chi connectivity index (χ0n) is 19.9. The summed E-state index contributed by atoms with van der Waals surface area (Å²) in [6.45, 7) is 2.33. The van der Waals surface area contributed by atoms with Crippen molar-refractivity contribution >= 4 is 18.0 Å². The highest BCUT2D eigenvalue weighted by Crippen LogP contribution is 2.44. The van der Waals surface area contributed by atoms with Gasteiger partial charge in [0.25, 0.3) is 0 Å². The molecule has 1 heterocycles. The molecule has 0 radical (unpaired) electrons. The van der Waals surface area contributed by atoms with Crippen molar-refractivity contribution in [1.29, 1.82) is 0 Å². The van der Waals surface area contributed by atoms with Crippen molar-refractivity contribution in [2.24, 2.45) is 5.92 Å². The first kappa shape index (κ1) is 24.7. The Balaban J connectivity index is 1.45. The van der Waals surface area contributed by atoms with Crippen LogP contribution in [0.1, 0.15) is 49.7 Å². The molecule has 2 aromatic carbocycles. The predicted molar refractivity (Wildman–Crippen MR) is 130 cm³/mol. The number of aliphatic hydroxyl groups excluding tert-OH is 1. The molecule has 2 amide bonds. The minimum atomic E-state index is -1.24. The molecule has 3 unspecified atom stereocenters. The van der Waals surface area contributed by atoms with E-state index in [1.807, 2.05) is 55.5 Å². The number of fused-ring (bicyclic) bond motifs is 3. The van der Waals surface area contributed by atoms with Crippen molar-refractivity contribution in [3.05, 3.63) is 59.7 Å². The molecule has 3 atom stereocenters. The zero-order valence-corrected chi connectivity index (χ0v) is 19.9. The third-order valence-corrected chi connectivity index (χ3v) is 7.09. The summed E-state index contributed by atoms with van der Waals surface area (Å²) < 4.78 is 5.53. The Labute approximate surface area is 204 Å². The highest BCUT2D eigenvalue weighted by Gasteiger charge is 2.36. The molecule has 186 valence electrons. The van der Waals surface area contributed by atoms with Gasteiger partial charge in [0.1, 0.15) is 12.6 Å². The number of carbonyl (C=O) groups is 3. The first-order chi connectivity index (χ1) is 16.9. The summed E-state index contributed by atoms with van der Waals surface area (Å²) in [7, 11) is 0. The Morgan fingerprint density at radius 1 is 1.06 bits per heavy atom. The van der Waals surface area contributed by atoms with Gasteiger partial charge in [0, 0.05) is 25.1 Å². The van der Waals surface area contributed by atoms with E-state index in [0.717, 1.165) is 41.5 Å². The van der Waals surface area contributed by atoms with Crippen molar-refractivity contribution < 1.29 is 29.3 Å². The second-order valence-electron chi connectivity index (χ2n) is 9.37. The predicted octanol–water partition coefficient (Wildman–Crippen LogP) is 3.38. The summed E-state index contributed by atoms with van der Waals surface area (Å²) in [6.07, 6.45) is 1.10. The van der Waals surface area contributed by atoms with Crippen molar-refractivity contribution in [3.63, 3.8) is 0 Å². The highest BCUT2D eigenvalue weighted by molar-refractivity contribution is 5.89. The number of piperidine rings is 1. The Bertz CT molecular complexity index is 1040. The number of hydrogen-bond donors (Lipinski definition) is 3. The van der Waals surface area contributed by atoms with Crippen LogP contribution in [0.15, 0.2) is 48.5 Å². The van der Waals surface area contributed by atoms with Gasteiger partial charge in [-0.3, -0.25) is 9.59 Å². The molecule has 1 fully saturated rings. The molecule has 8 heteroatoms. The van der Waals surface area contributed by atoms with Gasteiger partial charge in [0.05, 0.1) is 6.42 Å². The SMILES string of the molecule is CC(CO)C1CCCCN1C(=O)C(CC(=O)O)NC(=O)OCC1c2ccccc2-c2ccccc21. The number of ether oxygens (including phenoxy) is 1. The first-order valence-electron chi connectivity index (χ1n) is 12.1. The van der Waals surface area contributed by atoms with Crippen LogP contribution in [0.3, 0.4) is 0 Å². The molecule has 35 heavy (non-hydrogen) atoms. The van der Waals surface area contributed by atoms with Gasteiger partial charge in [-0.2, -0.15) is 0 Å². The van der Waals surface area contributed by atoms with E-state index in [2.05, 4.69) is 5.32 Å². The molecule has 0 spiro atoms. The largest absolute Gasteiger partial charge is 0.481 e. The fourth-order valence-electron chi connectivity index (χ4n) is 5.30. The molecule has 1 saturated heterocycles. The average molecular weight is 481 g/mol. The van der Waals surface area contributed by atoms with Gasteiger partial charge in [-0.05, 0) is 47.4 Å². The molecule has 1 aliphatic carbocycles. The summed E-state index contributed by atoms with van der Waals surface area (Å²) >= 11 is 0. The maximum Gasteiger partial charge on any atom is 0.407 e. The number of alkyl carbamates (subject to hydrolysis) is 1. The number of nitrogens with zero attached hydrogens (tertiary/aromatic N) is 1. The van der Waals surface area contributed by atoms with Crippen molar-refractivity contribution in [1.82, 2.24) is 10.2 Å². The smallest absolute Gasteiger partial charge is 0.407 e. The fraction of sp³-hybridized carbons (Fsp3) is 0.444. The standard InChI is InChI=1S/C27H32N2O6/c1-17(15-30)24-12-6-7-13-29(24)26(33)23(14-25(31)32)28-27(34)35-16-22-20-10-4-2-8-18(20)19-9-3-5-11-21(19)22/h2-5,8-11,17,22-24,30H,6-7,12-16H2,1H3,(H,28,34)(H,31,32). The van der Waals surface area contributed by atoms with Gasteiger partial charge in [-0.25, -0.2) is 4.79 Å². The van der Waals surface area contributed by atoms with Gasteiger partial charge < -0.3 is 25.2 Å². The van der Waals surface area contributed by atoms with Gasteiger partial charge >= 0.3 is 12.1 Å². The Morgan fingerprint density at radius 2 is 1.69 bits per heavy atom. The Hall–Kier alpha value is -3.39. The molecular formula is C27H32N2O6. The maximum absolute atomic E-state index is 13.3.